The van der Waals surface area contributed by atoms with E-state index in [2.05, 4.69) is 6.92 Å². The lowest BCUT2D eigenvalue weighted by molar-refractivity contribution is -0.118. The van der Waals surface area contributed by atoms with E-state index in [1.54, 1.807) is 12.1 Å². The van der Waals surface area contributed by atoms with Gasteiger partial charge in [0.05, 0.1) is 5.69 Å². The quantitative estimate of drug-likeness (QED) is 0.757. The molecule has 0 saturated heterocycles. The lowest BCUT2D eigenvalue weighted by Crippen LogP contribution is -2.42. The molecular weight excluding hydrogens is 253 g/mol. The van der Waals surface area contributed by atoms with Crippen molar-refractivity contribution in [1.82, 2.24) is 0 Å². The Hall–Kier alpha value is -1.38. The predicted molar refractivity (Wildman–Crippen MR) is 80.4 cm³/mol. The zero-order chi connectivity index (χ0) is 14.6. The molecule has 2 unspecified atom stereocenters. The molecule has 0 heterocycles. The Morgan fingerprint density at radius 2 is 2.20 bits per heavy atom. The number of hydrogen-bond acceptors (Lipinski definition) is 2. The molecule has 110 valence electrons. The van der Waals surface area contributed by atoms with Gasteiger partial charge in [-0.1, -0.05) is 31.9 Å². The van der Waals surface area contributed by atoms with E-state index in [0.29, 0.717) is 24.7 Å². The van der Waals surface area contributed by atoms with Gasteiger partial charge in [-0.2, -0.15) is 0 Å². The van der Waals surface area contributed by atoms with E-state index in [0.717, 1.165) is 25.5 Å². The van der Waals surface area contributed by atoms with Crippen LogP contribution in [0.4, 0.5) is 10.1 Å². The molecule has 1 aliphatic carbocycles. The summed E-state index contributed by atoms with van der Waals surface area (Å²) in [4.78, 5) is 13.7. The fraction of sp³-hybridized carbons (Fsp3) is 0.588. The van der Waals surface area contributed by atoms with Crippen LogP contribution in [0.5, 0.6) is 0 Å². The Morgan fingerprint density at radius 3 is 2.80 bits per heavy atom. The molecule has 1 aromatic carbocycles. The molecule has 3 heteroatoms. The zero-order valence-electron chi connectivity index (χ0n) is 12.4. The topological polar surface area (TPSA) is 20.3 Å². The summed E-state index contributed by atoms with van der Waals surface area (Å²) in [5, 5.41) is 0. The fourth-order valence-corrected chi connectivity index (χ4v) is 3.44. The van der Waals surface area contributed by atoms with Crippen molar-refractivity contribution in [3.8, 4) is 0 Å². The number of para-hydroxylation sites is 1. The molecular formula is C17H24FNO. The van der Waals surface area contributed by atoms with Crippen molar-refractivity contribution in [3.63, 3.8) is 0 Å². The Bertz CT molecular complexity index is 462. The molecule has 1 fully saturated rings. The van der Waals surface area contributed by atoms with Crippen LogP contribution in [0.3, 0.4) is 0 Å². The average Bonchev–Trinajstić information content (AvgIpc) is 2.46. The third-order valence-electron chi connectivity index (χ3n) is 4.46. The van der Waals surface area contributed by atoms with E-state index >= 15 is 0 Å². The summed E-state index contributed by atoms with van der Waals surface area (Å²) in [5.41, 5.74) is 0.296. The van der Waals surface area contributed by atoms with Gasteiger partial charge >= 0.3 is 0 Å². The minimum absolute atomic E-state index is 0.209. The smallest absolute Gasteiger partial charge is 0.146 e. The van der Waals surface area contributed by atoms with Gasteiger partial charge in [0.15, 0.2) is 0 Å². The minimum atomic E-state index is -0.310. The second kappa shape index (κ2) is 6.38. The molecule has 0 bridgehead atoms. The fourth-order valence-electron chi connectivity index (χ4n) is 3.44. The summed E-state index contributed by atoms with van der Waals surface area (Å²) in [6.45, 7) is 5.55. The Labute approximate surface area is 121 Å². The van der Waals surface area contributed by atoms with E-state index in [1.165, 1.54) is 12.5 Å². The minimum Gasteiger partial charge on any atom is -0.368 e. The largest absolute Gasteiger partial charge is 0.368 e. The van der Waals surface area contributed by atoms with Crippen LogP contribution in [-0.4, -0.2) is 19.4 Å². The van der Waals surface area contributed by atoms with Gasteiger partial charge in [-0.25, -0.2) is 4.39 Å². The predicted octanol–water partition coefficient (Wildman–Crippen LogP) is 4.05. The van der Waals surface area contributed by atoms with Crippen LogP contribution in [0.2, 0.25) is 0 Å². The van der Waals surface area contributed by atoms with Crippen molar-refractivity contribution in [2.75, 3.05) is 18.0 Å². The molecule has 0 aromatic heterocycles. The molecule has 1 aliphatic rings. The molecule has 0 amide bonds. The van der Waals surface area contributed by atoms with Crippen molar-refractivity contribution in [2.45, 2.75) is 39.5 Å². The lowest BCUT2D eigenvalue weighted by atomic mass is 9.70. The van der Waals surface area contributed by atoms with Crippen LogP contribution >= 0.6 is 0 Å². The number of carbonyl (C=O) groups is 1. The maximum Gasteiger partial charge on any atom is 0.146 e. The van der Waals surface area contributed by atoms with E-state index in [-0.39, 0.29) is 11.2 Å². The molecule has 20 heavy (non-hydrogen) atoms. The number of halogens is 1. The number of anilines is 1. The summed E-state index contributed by atoms with van der Waals surface area (Å²) < 4.78 is 14.0. The first-order valence-electron chi connectivity index (χ1n) is 7.56. The first kappa shape index (κ1) is 15.0. The molecule has 2 nitrogen and oxygen atoms in total. The van der Waals surface area contributed by atoms with Crippen molar-refractivity contribution >= 4 is 12.0 Å². The van der Waals surface area contributed by atoms with Crippen molar-refractivity contribution in [2.24, 2.45) is 11.3 Å². The van der Waals surface area contributed by atoms with E-state index in [9.17, 15) is 9.18 Å². The second-order valence-electron chi connectivity index (χ2n) is 6.15. The van der Waals surface area contributed by atoms with E-state index < -0.39 is 0 Å². The van der Waals surface area contributed by atoms with E-state index in [1.807, 2.05) is 17.9 Å². The number of aldehydes is 1. The Balaban J connectivity index is 2.20. The highest BCUT2D eigenvalue weighted by atomic mass is 19.1. The normalized spacial score (nSPS) is 26.2. The first-order chi connectivity index (χ1) is 9.60. The summed E-state index contributed by atoms with van der Waals surface area (Å²) in [6, 6.07) is 6.82. The number of rotatable bonds is 5. The highest BCUT2D eigenvalue weighted by Gasteiger charge is 2.36. The highest BCUT2D eigenvalue weighted by molar-refractivity contribution is 5.62. The molecule has 1 saturated carbocycles. The van der Waals surface area contributed by atoms with Crippen molar-refractivity contribution < 1.29 is 9.18 Å². The number of carbonyl (C=O) groups excluding carboxylic acids is 1. The standard InChI is InChI=1S/C17H24FNO/c1-3-19(16-9-5-4-8-15(16)18)12-17(13-20)10-6-7-14(2)11-17/h4-5,8-9,13-14H,3,6-7,10-12H2,1-2H3. The second-order valence-corrected chi connectivity index (χ2v) is 6.15. The molecule has 2 rings (SSSR count). The summed E-state index contributed by atoms with van der Waals surface area (Å²) in [6.07, 6.45) is 5.25. The molecule has 1 aromatic rings. The molecule has 0 aliphatic heterocycles. The van der Waals surface area contributed by atoms with Crippen LogP contribution in [0, 0.1) is 17.2 Å². The number of hydrogen-bond donors (Lipinski definition) is 0. The maximum absolute atomic E-state index is 14.0. The van der Waals surface area contributed by atoms with Gasteiger partial charge in [-0.05, 0) is 37.8 Å². The number of benzene rings is 1. The lowest BCUT2D eigenvalue weighted by Gasteiger charge is -2.40. The van der Waals surface area contributed by atoms with Crippen molar-refractivity contribution in [1.29, 1.82) is 0 Å². The van der Waals surface area contributed by atoms with Crippen LogP contribution in [0.25, 0.3) is 0 Å². The van der Waals surface area contributed by atoms with E-state index in [4.69, 9.17) is 0 Å². The summed E-state index contributed by atoms with van der Waals surface area (Å²) in [7, 11) is 0. The van der Waals surface area contributed by atoms with Gasteiger partial charge in [-0.15, -0.1) is 0 Å². The Morgan fingerprint density at radius 1 is 1.45 bits per heavy atom. The first-order valence-corrected chi connectivity index (χ1v) is 7.56. The number of nitrogens with zero attached hydrogens (tertiary/aromatic N) is 1. The average molecular weight is 277 g/mol. The SMILES string of the molecule is CCN(CC1(C=O)CCCC(C)C1)c1ccccc1F. The summed E-state index contributed by atoms with van der Waals surface area (Å²) >= 11 is 0. The van der Waals surface area contributed by atoms with Gasteiger partial charge in [0.2, 0.25) is 0 Å². The van der Waals surface area contributed by atoms with Crippen LogP contribution in [0.1, 0.15) is 39.5 Å². The monoisotopic (exact) mass is 277 g/mol. The van der Waals surface area contributed by atoms with Crippen molar-refractivity contribution in [3.05, 3.63) is 30.1 Å². The molecule has 0 N–H and O–H groups in total. The summed E-state index contributed by atoms with van der Waals surface area (Å²) in [5.74, 6) is 0.368. The van der Waals surface area contributed by atoms with Gasteiger partial charge in [-0.3, -0.25) is 0 Å². The molecule has 0 radical (unpaired) electrons. The van der Waals surface area contributed by atoms with Crippen LogP contribution in [0.15, 0.2) is 24.3 Å². The van der Waals surface area contributed by atoms with Gasteiger partial charge in [0.1, 0.15) is 12.1 Å². The zero-order valence-corrected chi connectivity index (χ0v) is 12.4. The maximum atomic E-state index is 14.0. The Kier molecular flexibility index (Phi) is 4.79. The molecule has 0 spiro atoms. The van der Waals surface area contributed by atoms with Gasteiger partial charge < -0.3 is 9.69 Å². The van der Waals surface area contributed by atoms with Gasteiger partial charge in [0, 0.05) is 18.5 Å². The van der Waals surface area contributed by atoms with Gasteiger partial charge in [0.25, 0.3) is 0 Å². The third kappa shape index (κ3) is 3.20. The van der Waals surface area contributed by atoms with Crippen LogP contribution in [-0.2, 0) is 4.79 Å². The van der Waals surface area contributed by atoms with Crippen LogP contribution < -0.4 is 4.90 Å². The molecule has 2 atom stereocenters. The third-order valence-corrected chi connectivity index (χ3v) is 4.46. The highest BCUT2D eigenvalue weighted by Crippen LogP contribution is 2.39.